The Kier molecular flexibility index (Phi) is 4.23. The molecule has 0 spiro atoms. The molecular formula is C17H19N3O3. The van der Waals surface area contributed by atoms with Gasteiger partial charge in [-0.2, -0.15) is 0 Å². The summed E-state index contributed by atoms with van der Waals surface area (Å²) in [5.41, 5.74) is 0.735. The highest BCUT2D eigenvalue weighted by Crippen LogP contribution is 2.37. The van der Waals surface area contributed by atoms with Gasteiger partial charge in [0.25, 0.3) is 0 Å². The molecule has 1 amide bonds. The number of aromatic nitrogens is 2. The number of amides is 1. The SMILES string of the molecule is CCOC(=O)c1cc2cccnc2nc1NC(=O)[C@H](C)C1CC1. The number of anilines is 1. The number of rotatable bonds is 5. The Morgan fingerprint density at radius 2 is 2.22 bits per heavy atom. The van der Waals surface area contributed by atoms with Crippen LogP contribution in [0.15, 0.2) is 24.4 Å². The van der Waals surface area contributed by atoms with Crippen molar-refractivity contribution in [2.24, 2.45) is 11.8 Å². The molecule has 0 unspecified atom stereocenters. The molecule has 6 heteroatoms. The zero-order valence-corrected chi connectivity index (χ0v) is 13.2. The van der Waals surface area contributed by atoms with E-state index >= 15 is 0 Å². The van der Waals surface area contributed by atoms with Gasteiger partial charge in [0.2, 0.25) is 5.91 Å². The van der Waals surface area contributed by atoms with Crippen molar-refractivity contribution < 1.29 is 14.3 Å². The number of hydrogen-bond acceptors (Lipinski definition) is 5. The normalized spacial score (nSPS) is 15.2. The molecule has 0 saturated heterocycles. The average molecular weight is 313 g/mol. The third kappa shape index (κ3) is 3.31. The Bertz CT molecular complexity index is 756. The van der Waals surface area contributed by atoms with Gasteiger partial charge in [-0.05, 0) is 43.9 Å². The largest absolute Gasteiger partial charge is 0.462 e. The number of hydrogen-bond donors (Lipinski definition) is 1. The summed E-state index contributed by atoms with van der Waals surface area (Å²) >= 11 is 0. The molecule has 0 bridgehead atoms. The lowest BCUT2D eigenvalue weighted by Gasteiger charge is -2.13. The Morgan fingerprint density at radius 3 is 2.91 bits per heavy atom. The Morgan fingerprint density at radius 1 is 1.43 bits per heavy atom. The van der Waals surface area contributed by atoms with Crippen molar-refractivity contribution in [1.29, 1.82) is 0 Å². The lowest BCUT2D eigenvalue weighted by Crippen LogP contribution is -2.24. The number of ether oxygens (including phenoxy) is 1. The van der Waals surface area contributed by atoms with Crippen LogP contribution in [0.5, 0.6) is 0 Å². The van der Waals surface area contributed by atoms with Gasteiger partial charge in [0, 0.05) is 17.5 Å². The van der Waals surface area contributed by atoms with E-state index in [0.717, 1.165) is 18.2 Å². The smallest absolute Gasteiger partial charge is 0.341 e. The lowest BCUT2D eigenvalue weighted by molar-refractivity contribution is -0.119. The van der Waals surface area contributed by atoms with Gasteiger partial charge in [0.05, 0.1) is 6.61 Å². The first kappa shape index (κ1) is 15.4. The molecule has 2 heterocycles. The molecule has 1 atom stereocenters. The second-order valence-electron chi connectivity index (χ2n) is 5.77. The van der Waals surface area contributed by atoms with Gasteiger partial charge in [-0.3, -0.25) is 4.79 Å². The number of nitrogens with zero attached hydrogens (tertiary/aromatic N) is 2. The Hall–Kier alpha value is -2.50. The van der Waals surface area contributed by atoms with Crippen LogP contribution in [-0.4, -0.2) is 28.5 Å². The molecule has 6 nitrogen and oxygen atoms in total. The third-order valence-electron chi connectivity index (χ3n) is 4.07. The molecule has 23 heavy (non-hydrogen) atoms. The van der Waals surface area contributed by atoms with Gasteiger partial charge in [0.1, 0.15) is 11.4 Å². The molecule has 0 aromatic carbocycles. The van der Waals surface area contributed by atoms with Crippen molar-refractivity contribution >= 4 is 28.7 Å². The van der Waals surface area contributed by atoms with Crippen LogP contribution < -0.4 is 5.32 Å². The minimum Gasteiger partial charge on any atom is -0.462 e. The van der Waals surface area contributed by atoms with Gasteiger partial charge in [-0.1, -0.05) is 6.92 Å². The van der Waals surface area contributed by atoms with E-state index in [-0.39, 0.29) is 29.8 Å². The van der Waals surface area contributed by atoms with Crippen LogP contribution in [0, 0.1) is 11.8 Å². The zero-order chi connectivity index (χ0) is 16.4. The third-order valence-corrected chi connectivity index (χ3v) is 4.07. The van der Waals surface area contributed by atoms with Crippen LogP contribution in [0.4, 0.5) is 5.82 Å². The number of esters is 1. The van der Waals surface area contributed by atoms with Gasteiger partial charge in [-0.15, -0.1) is 0 Å². The average Bonchev–Trinajstić information content (AvgIpc) is 3.38. The summed E-state index contributed by atoms with van der Waals surface area (Å²) in [6.07, 6.45) is 3.77. The van der Waals surface area contributed by atoms with Crippen LogP contribution in [0.1, 0.15) is 37.0 Å². The molecule has 1 aliphatic rings. The molecule has 1 N–H and O–H groups in total. The molecule has 1 aliphatic carbocycles. The van der Waals surface area contributed by atoms with Crippen molar-refractivity contribution in [1.82, 2.24) is 9.97 Å². The number of carbonyl (C=O) groups excluding carboxylic acids is 2. The summed E-state index contributed by atoms with van der Waals surface area (Å²) in [6, 6.07) is 5.24. The maximum Gasteiger partial charge on any atom is 0.341 e. The first-order valence-corrected chi connectivity index (χ1v) is 7.84. The van der Waals surface area contributed by atoms with E-state index in [1.807, 2.05) is 13.0 Å². The van der Waals surface area contributed by atoms with Crippen molar-refractivity contribution in [3.05, 3.63) is 30.0 Å². The van der Waals surface area contributed by atoms with Gasteiger partial charge >= 0.3 is 5.97 Å². The van der Waals surface area contributed by atoms with Gasteiger partial charge < -0.3 is 10.1 Å². The Balaban J connectivity index is 1.96. The highest BCUT2D eigenvalue weighted by atomic mass is 16.5. The molecule has 1 saturated carbocycles. The summed E-state index contributed by atoms with van der Waals surface area (Å²) in [7, 11) is 0. The molecule has 0 aliphatic heterocycles. The van der Waals surface area contributed by atoms with Crippen LogP contribution in [0.2, 0.25) is 0 Å². The zero-order valence-electron chi connectivity index (χ0n) is 13.2. The van der Waals surface area contributed by atoms with E-state index < -0.39 is 5.97 Å². The summed E-state index contributed by atoms with van der Waals surface area (Å²) in [6.45, 7) is 3.90. The van der Waals surface area contributed by atoms with Crippen molar-refractivity contribution in [3.63, 3.8) is 0 Å². The first-order valence-electron chi connectivity index (χ1n) is 7.84. The number of nitrogens with one attached hydrogen (secondary N) is 1. The maximum absolute atomic E-state index is 12.3. The minimum atomic E-state index is -0.500. The van der Waals surface area contributed by atoms with E-state index in [2.05, 4.69) is 15.3 Å². The second-order valence-corrected chi connectivity index (χ2v) is 5.77. The fourth-order valence-corrected chi connectivity index (χ4v) is 2.51. The van der Waals surface area contributed by atoms with E-state index in [9.17, 15) is 9.59 Å². The van der Waals surface area contributed by atoms with Crippen molar-refractivity contribution in [2.45, 2.75) is 26.7 Å². The lowest BCUT2D eigenvalue weighted by atomic mass is 10.1. The Labute approximate surface area is 134 Å². The van der Waals surface area contributed by atoms with Crippen LogP contribution >= 0.6 is 0 Å². The van der Waals surface area contributed by atoms with Gasteiger partial charge in [-0.25, -0.2) is 14.8 Å². The molecule has 2 aromatic heterocycles. The fourth-order valence-electron chi connectivity index (χ4n) is 2.51. The van der Waals surface area contributed by atoms with Gasteiger partial charge in [0.15, 0.2) is 5.65 Å². The second kappa shape index (κ2) is 6.32. The number of carbonyl (C=O) groups is 2. The topological polar surface area (TPSA) is 81.2 Å². The summed E-state index contributed by atoms with van der Waals surface area (Å²) < 4.78 is 5.07. The standard InChI is InChI=1S/C17H19N3O3/c1-3-23-17(22)13-9-12-5-4-8-18-14(12)19-15(13)20-16(21)10(2)11-6-7-11/h4-5,8-11H,3,6-7H2,1-2H3,(H,18,19,20,21)/t10-/m1/s1. The summed E-state index contributed by atoms with van der Waals surface area (Å²) in [4.78, 5) is 33.0. The predicted molar refractivity (Wildman–Crippen MR) is 86.0 cm³/mol. The number of pyridine rings is 2. The first-order chi connectivity index (χ1) is 11.1. The minimum absolute atomic E-state index is 0.0914. The monoisotopic (exact) mass is 313 g/mol. The van der Waals surface area contributed by atoms with Crippen LogP contribution in [0.25, 0.3) is 11.0 Å². The van der Waals surface area contributed by atoms with Crippen molar-refractivity contribution in [2.75, 3.05) is 11.9 Å². The summed E-state index contributed by atoms with van der Waals surface area (Å²) in [5.74, 6) is -0.0704. The van der Waals surface area contributed by atoms with E-state index in [1.54, 1.807) is 25.3 Å². The number of fused-ring (bicyclic) bond motifs is 1. The molecule has 0 radical (unpaired) electrons. The van der Waals surface area contributed by atoms with Crippen LogP contribution in [-0.2, 0) is 9.53 Å². The molecular weight excluding hydrogens is 294 g/mol. The highest BCUT2D eigenvalue weighted by Gasteiger charge is 2.33. The summed E-state index contributed by atoms with van der Waals surface area (Å²) in [5, 5.41) is 3.50. The predicted octanol–water partition coefficient (Wildman–Crippen LogP) is 2.79. The van der Waals surface area contributed by atoms with E-state index in [4.69, 9.17) is 4.74 Å². The van der Waals surface area contributed by atoms with Crippen molar-refractivity contribution in [3.8, 4) is 0 Å². The van der Waals surface area contributed by atoms with E-state index in [1.165, 1.54) is 0 Å². The molecule has 1 fully saturated rings. The maximum atomic E-state index is 12.3. The molecule has 120 valence electrons. The highest BCUT2D eigenvalue weighted by molar-refractivity contribution is 6.03. The quantitative estimate of drug-likeness (QED) is 0.858. The fraction of sp³-hybridized carbons (Fsp3) is 0.412. The van der Waals surface area contributed by atoms with Crippen LogP contribution in [0.3, 0.4) is 0 Å². The van der Waals surface area contributed by atoms with E-state index in [0.29, 0.717) is 11.6 Å². The molecule has 2 aromatic rings. The molecule has 3 rings (SSSR count).